The summed E-state index contributed by atoms with van der Waals surface area (Å²) in [6.45, 7) is 5.30. The number of nitrogens with two attached hydrogens (primary N) is 1. The van der Waals surface area contributed by atoms with Crippen molar-refractivity contribution in [2.45, 2.75) is 97.1 Å². The first kappa shape index (κ1) is 31.3. The van der Waals surface area contributed by atoms with E-state index in [1.807, 2.05) is 36.1 Å². The molecular weight excluding hydrogens is 528 g/mol. The molecule has 2 fully saturated rings. The molecule has 2 saturated carbocycles. The van der Waals surface area contributed by atoms with Crippen molar-refractivity contribution in [2.24, 2.45) is 17.6 Å². The van der Waals surface area contributed by atoms with Crippen molar-refractivity contribution < 1.29 is 14.4 Å². The Balaban J connectivity index is 1.64. The van der Waals surface area contributed by atoms with Gasteiger partial charge in [0.1, 0.15) is 0 Å². The zero-order valence-corrected chi connectivity index (χ0v) is 25.5. The van der Waals surface area contributed by atoms with Gasteiger partial charge in [0.25, 0.3) is 11.8 Å². The highest BCUT2D eigenvalue weighted by atomic mass is 16.2. The highest BCUT2D eigenvalue weighted by molar-refractivity contribution is 6.05. The molecule has 2 aliphatic rings. The minimum Gasteiger partial charge on any atom is -0.393 e. The van der Waals surface area contributed by atoms with Gasteiger partial charge >= 0.3 is 0 Å². The highest BCUT2D eigenvalue weighted by Crippen LogP contribution is 2.31. The van der Waals surface area contributed by atoms with Crippen molar-refractivity contribution in [1.29, 1.82) is 0 Å². The molecule has 0 radical (unpaired) electrons. The lowest BCUT2D eigenvalue weighted by Crippen LogP contribution is -2.41. The molecule has 0 atom stereocenters. The molecule has 3 amide bonds. The van der Waals surface area contributed by atoms with Gasteiger partial charge in [0.15, 0.2) is 0 Å². The summed E-state index contributed by atoms with van der Waals surface area (Å²) in [5.41, 5.74) is 8.31. The topological polar surface area (TPSA) is 122 Å². The Labute approximate surface area is 250 Å². The van der Waals surface area contributed by atoms with Crippen LogP contribution in [0.25, 0.3) is 11.0 Å². The number of carbonyl (C=O) groups excluding carboxylic acids is 3. The summed E-state index contributed by atoms with van der Waals surface area (Å²) in [6.07, 6.45) is 16.4. The van der Waals surface area contributed by atoms with Crippen LogP contribution in [0.4, 0.5) is 5.95 Å². The maximum atomic E-state index is 13.7. The van der Waals surface area contributed by atoms with Gasteiger partial charge in [0.2, 0.25) is 11.9 Å². The minimum absolute atomic E-state index is 0.0360. The fourth-order valence-electron chi connectivity index (χ4n) is 6.69. The van der Waals surface area contributed by atoms with E-state index in [1.54, 1.807) is 19.3 Å². The van der Waals surface area contributed by atoms with E-state index in [9.17, 15) is 14.4 Å². The average Bonchev–Trinajstić information content (AvgIpc) is 3.30. The fraction of sp³-hybridized carbons (Fsp3) is 0.576. The number of hydrogen-bond acceptors (Lipinski definition) is 5. The Bertz CT molecular complexity index is 1300. The Morgan fingerprint density at radius 3 is 2.38 bits per heavy atom. The fourth-order valence-corrected chi connectivity index (χ4v) is 6.69. The van der Waals surface area contributed by atoms with Gasteiger partial charge in [-0.05, 0) is 76.5 Å². The van der Waals surface area contributed by atoms with Crippen LogP contribution in [0.5, 0.6) is 0 Å². The Hall–Kier alpha value is -3.62. The van der Waals surface area contributed by atoms with Gasteiger partial charge in [0, 0.05) is 43.9 Å². The molecule has 2 aromatic rings. The number of hydrogen-bond donors (Lipinski definition) is 3. The maximum absolute atomic E-state index is 13.7. The van der Waals surface area contributed by atoms with E-state index in [-0.39, 0.29) is 29.7 Å². The number of nitrogens with zero attached hydrogens (tertiary/aromatic N) is 3. The second kappa shape index (κ2) is 15.0. The van der Waals surface area contributed by atoms with Gasteiger partial charge in [-0.15, -0.1) is 0 Å². The van der Waals surface area contributed by atoms with Crippen LogP contribution in [0.15, 0.2) is 42.1 Å². The molecule has 2 aliphatic carbocycles. The number of allylic oxidation sites excluding steroid dienone is 1. The monoisotopic (exact) mass is 576 g/mol. The number of nitrogens with one attached hydrogen (secondary N) is 2. The van der Waals surface area contributed by atoms with Crippen molar-refractivity contribution in [3.8, 4) is 0 Å². The number of fused-ring (bicyclic) bond motifs is 1. The smallest absolute Gasteiger partial charge is 0.259 e. The molecule has 0 bridgehead atoms. The summed E-state index contributed by atoms with van der Waals surface area (Å²) in [4.78, 5) is 45.5. The van der Waals surface area contributed by atoms with E-state index in [0.717, 1.165) is 56.9 Å². The van der Waals surface area contributed by atoms with Gasteiger partial charge in [-0.1, -0.05) is 44.3 Å². The molecule has 228 valence electrons. The third kappa shape index (κ3) is 7.61. The van der Waals surface area contributed by atoms with Crippen molar-refractivity contribution in [2.75, 3.05) is 18.9 Å². The molecule has 42 heavy (non-hydrogen) atoms. The number of anilines is 1. The van der Waals surface area contributed by atoms with Gasteiger partial charge in [-0.25, -0.2) is 4.98 Å². The van der Waals surface area contributed by atoms with Crippen LogP contribution in [0.3, 0.4) is 0 Å². The SMILES string of the molecule is C/C=C\C(=C/NC)C(=O)Nc1nc2cc(C(=O)N(CC)C3CCCCC3)ccc2n1CC1CCCC(C(N)=O)CCC1. The van der Waals surface area contributed by atoms with Crippen LogP contribution < -0.4 is 16.4 Å². The largest absolute Gasteiger partial charge is 0.393 e. The lowest BCUT2D eigenvalue weighted by molar-refractivity contribution is -0.122. The molecule has 1 aromatic heterocycles. The average molecular weight is 577 g/mol. The van der Waals surface area contributed by atoms with Crippen molar-refractivity contribution in [1.82, 2.24) is 19.8 Å². The van der Waals surface area contributed by atoms with Gasteiger partial charge in [-0.3, -0.25) is 19.7 Å². The Morgan fingerprint density at radius 2 is 1.76 bits per heavy atom. The summed E-state index contributed by atoms with van der Waals surface area (Å²) >= 11 is 0. The van der Waals surface area contributed by atoms with Crippen LogP contribution in [-0.4, -0.2) is 51.8 Å². The molecule has 1 heterocycles. The molecule has 4 N–H and O–H groups in total. The number of benzene rings is 1. The van der Waals surface area contributed by atoms with Crippen LogP contribution >= 0.6 is 0 Å². The lowest BCUT2D eigenvalue weighted by Gasteiger charge is -2.33. The van der Waals surface area contributed by atoms with Gasteiger partial charge in [0.05, 0.1) is 16.6 Å². The van der Waals surface area contributed by atoms with Crippen molar-refractivity contribution in [3.63, 3.8) is 0 Å². The van der Waals surface area contributed by atoms with E-state index in [0.29, 0.717) is 41.6 Å². The van der Waals surface area contributed by atoms with Gasteiger partial charge in [-0.2, -0.15) is 0 Å². The molecule has 0 unspecified atom stereocenters. The molecule has 0 spiro atoms. The van der Waals surface area contributed by atoms with Crippen LogP contribution in [0.2, 0.25) is 0 Å². The molecule has 0 saturated heterocycles. The third-order valence-electron chi connectivity index (χ3n) is 8.92. The zero-order valence-electron chi connectivity index (χ0n) is 25.5. The first-order chi connectivity index (χ1) is 20.4. The number of imidazole rings is 1. The van der Waals surface area contributed by atoms with Crippen molar-refractivity contribution >= 4 is 34.7 Å². The summed E-state index contributed by atoms with van der Waals surface area (Å²) < 4.78 is 2.09. The first-order valence-corrected chi connectivity index (χ1v) is 15.8. The van der Waals surface area contributed by atoms with Crippen LogP contribution in [0.1, 0.15) is 94.8 Å². The Kier molecular flexibility index (Phi) is 11.2. The Morgan fingerprint density at radius 1 is 1.05 bits per heavy atom. The van der Waals surface area contributed by atoms with E-state index >= 15 is 0 Å². The standard InChI is InChI=1S/C33H48N6O3/c1-4-11-26(21-35-3)31(41)37-33-36-28-20-25(32(42)38(5-2)27-16-7-6-8-17-27)18-19-29(28)39(33)22-23-12-9-14-24(30(34)40)15-10-13-23/h4,11,18-21,23-24,27,35H,5-10,12-17,22H2,1-3H3,(H2,34,40)(H,36,37,41)/b11-4-,26-21+. The number of primary amides is 1. The minimum atomic E-state index is -0.258. The number of carbonyl (C=O) groups is 3. The quantitative estimate of drug-likeness (QED) is 0.254. The predicted octanol–water partition coefficient (Wildman–Crippen LogP) is 5.52. The van der Waals surface area contributed by atoms with Crippen molar-refractivity contribution in [3.05, 3.63) is 47.7 Å². The molecule has 1 aromatic carbocycles. The van der Waals surface area contributed by atoms with Gasteiger partial charge < -0.3 is 20.5 Å². The summed E-state index contributed by atoms with van der Waals surface area (Å²) in [6, 6.07) is 6.04. The number of rotatable bonds is 10. The normalized spacial score (nSPS) is 20.7. The second-order valence-corrected chi connectivity index (χ2v) is 11.8. The van der Waals surface area contributed by atoms with E-state index in [1.165, 1.54) is 19.3 Å². The van der Waals surface area contributed by atoms with E-state index in [4.69, 9.17) is 10.7 Å². The van der Waals surface area contributed by atoms with Crippen LogP contribution in [-0.2, 0) is 16.1 Å². The lowest BCUT2D eigenvalue weighted by atomic mass is 9.85. The number of amides is 3. The molecule has 9 heteroatoms. The molecule has 9 nitrogen and oxygen atoms in total. The predicted molar refractivity (Wildman–Crippen MR) is 168 cm³/mol. The molecular formula is C33H48N6O3. The summed E-state index contributed by atoms with van der Waals surface area (Å²) in [5, 5.41) is 5.98. The third-order valence-corrected chi connectivity index (χ3v) is 8.92. The number of aromatic nitrogens is 2. The first-order valence-electron chi connectivity index (χ1n) is 15.8. The van der Waals surface area contributed by atoms with Crippen LogP contribution in [0, 0.1) is 11.8 Å². The summed E-state index contributed by atoms with van der Waals surface area (Å²) in [7, 11) is 1.76. The van der Waals surface area contributed by atoms with E-state index in [2.05, 4.69) is 22.1 Å². The highest BCUT2D eigenvalue weighted by Gasteiger charge is 2.27. The van der Waals surface area contributed by atoms with E-state index < -0.39 is 0 Å². The molecule has 4 rings (SSSR count). The maximum Gasteiger partial charge on any atom is 0.259 e. The molecule has 0 aliphatic heterocycles. The second-order valence-electron chi connectivity index (χ2n) is 11.8. The summed E-state index contributed by atoms with van der Waals surface area (Å²) in [5.74, 6) is 0.405. The zero-order chi connectivity index (χ0) is 30.1.